The molecular formula is C24H28O18. The maximum absolute atomic E-state index is 13.1. The molecule has 232 valence electrons. The molecule has 5 fully saturated rings. The van der Waals surface area contributed by atoms with Gasteiger partial charge in [-0.1, -0.05) is 6.08 Å². The van der Waals surface area contributed by atoms with Crippen molar-refractivity contribution in [2.45, 2.75) is 73.2 Å². The zero-order chi connectivity index (χ0) is 30.2. The third kappa shape index (κ3) is 5.31. The molecule has 0 bridgehead atoms. The zero-order valence-electron chi connectivity index (χ0n) is 22.3. The maximum atomic E-state index is 13.1. The lowest BCUT2D eigenvalue weighted by molar-refractivity contribution is -0.330. The Kier molecular flexibility index (Phi) is 8.17. The molecule has 0 radical (unpaired) electrons. The van der Waals surface area contributed by atoms with E-state index in [4.69, 9.17) is 56.8 Å². The van der Waals surface area contributed by atoms with Crippen LogP contribution in [0.15, 0.2) is 12.7 Å². The SMILES string of the molecule is C=CCO[C@]1(C(=O)OC)C[C@H]2OC(=O)O[C@H]2[C@@H]([C@H](O)CO[C@]2(C(=O)OC)C[C@H]3OC(=O)O[C@H]3[C@@H]([C@H]3COC(=O)O3)O2)O1. The fourth-order valence-electron chi connectivity index (χ4n) is 5.36. The van der Waals surface area contributed by atoms with Crippen molar-refractivity contribution in [1.82, 2.24) is 0 Å². The molecule has 42 heavy (non-hydrogen) atoms. The van der Waals surface area contributed by atoms with Crippen LogP contribution in [-0.4, -0.2) is 130 Å². The minimum absolute atomic E-state index is 0.180. The normalized spacial score (nSPS) is 39.2. The average molecular weight is 604 g/mol. The van der Waals surface area contributed by atoms with Gasteiger partial charge in [0.2, 0.25) is 0 Å². The summed E-state index contributed by atoms with van der Waals surface area (Å²) in [5, 5.41) is 11.2. The third-order valence-corrected chi connectivity index (χ3v) is 7.21. The Balaban J connectivity index is 1.39. The molecule has 0 aromatic carbocycles. The number of aliphatic hydroxyl groups is 1. The van der Waals surface area contributed by atoms with Crippen molar-refractivity contribution >= 4 is 30.4 Å². The fraction of sp³-hybridized carbons (Fsp3) is 0.708. The fourth-order valence-corrected chi connectivity index (χ4v) is 5.36. The number of aliphatic hydroxyl groups excluding tert-OH is 1. The van der Waals surface area contributed by atoms with Crippen LogP contribution in [0.5, 0.6) is 0 Å². The molecule has 5 rings (SSSR count). The number of esters is 2. The van der Waals surface area contributed by atoms with E-state index in [1.54, 1.807) is 0 Å². The maximum Gasteiger partial charge on any atom is 0.509 e. The summed E-state index contributed by atoms with van der Waals surface area (Å²) in [6.07, 6.45) is -12.8. The van der Waals surface area contributed by atoms with Crippen molar-refractivity contribution in [2.75, 3.05) is 34.0 Å². The van der Waals surface area contributed by atoms with E-state index >= 15 is 0 Å². The predicted octanol–water partition coefficient (Wildman–Crippen LogP) is -0.774. The van der Waals surface area contributed by atoms with Crippen LogP contribution in [0.3, 0.4) is 0 Å². The van der Waals surface area contributed by atoms with E-state index in [1.807, 2.05) is 0 Å². The molecule has 1 N–H and O–H groups in total. The zero-order valence-corrected chi connectivity index (χ0v) is 22.3. The van der Waals surface area contributed by atoms with E-state index in [-0.39, 0.29) is 19.6 Å². The highest BCUT2D eigenvalue weighted by Crippen LogP contribution is 2.42. The second kappa shape index (κ2) is 11.5. The highest BCUT2D eigenvalue weighted by atomic mass is 16.8. The summed E-state index contributed by atoms with van der Waals surface area (Å²) in [6, 6.07) is 0. The number of hydrogen-bond acceptors (Lipinski definition) is 18. The van der Waals surface area contributed by atoms with Crippen LogP contribution in [0.4, 0.5) is 14.4 Å². The molecule has 0 aromatic heterocycles. The molecule has 0 spiro atoms. The first-order valence-electron chi connectivity index (χ1n) is 12.7. The van der Waals surface area contributed by atoms with Crippen molar-refractivity contribution in [3.8, 4) is 0 Å². The van der Waals surface area contributed by atoms with E-state index < -0.39 is 104 Å². The summed E-state index contributed by atoms with van der Waals surface area (Å²) in [5.41, 5.74) is 0. The number of fused-ring (bicyclic) bond motifs is 2. The lowest BCUT2D eigenvalue weighted by Crippen LogP contribution is -2.64. The highest BCUT2D eigenvalue weighted by molar-refractivity contribution is 5.79. The number of cyclic esters (lactones) is 2. The molecule has 18 heteroatoms. The first-order chi connectivity index (χ1) is 20.0. The Hall–Kier alpha value is -3.71. The van der Waals surface area contributed by atoms with E-state index in [0.717, 1.165) is 14.2 Å². The van der Waals surface area contributed by atoms with Crippen LogP contribution >= 0.6 is 0 Å². The van der Waals surface area contributed by atoms with Crippen molar-refractivity contribution in [1.29, 1.82) is 0 Å². The van der Waals surface area contributed by atoms with E-state index in [2.05, 4.69) is 6.58 Å². The second-order valence-electron chi connectivity index (χ2n) is 9.74. The van der Waals surface area contributed by atoms with Crippen molar-refractivity contribution in [3.63, 3.8) is 0 Å². The summed E-state index contributed by atoms with van der Waals surface area (Å²) in [7, 11) is 2.12. The van der Waals surface area contributed by atoms with Gasteiger partial charge in [-0.15, -0.1) is 6.58 Å². The van der Waals surface area contributed by atoms with Gasteiger partial charge in [0.05, 0.1) is 40.3 Å². The van der Waals surface area contributed by atoms with Gasteiger partial charge < -0.3 is 61.9 Å². The Bertz CT molecular complexity index is 1120. The number of rotatable bonds is 10. The van der Waals surface area contributed by atoms with Crippen LogP contribution in [0.2, 0.25) is 0 Å². The standard InChI is InChI=1S/C24H28O18/c1-4-5-34-23(18(26)31-2)6-11-15(39-21(29)36-11)14(41-23)10(25)8-35-24(19(27)32-3)7-12-16(40-22(30)37-12)17(42-24)13-9-33-20(28)38-13/h4,10-17,25H,1,5-9H2,2-3H3/t10-,11-,12-,13-,14-,15-,16-,17-,23-,24-/m1/s1. The predicted molar refractivity (Wildman–Crippen MR) is 123 cm³/mol. The molecule has 0 aromatic rings. The Morgan fingerprint density at radius 1 is 0.857 bits per heavy atom. The Morgan fingerprint density at radius 2 is 1.43 bits per heavy atom. The van der Waals surface area contributed by atoms with E-state index in [9.17, 15) is 29.1 Å². The lowest BCUT2D eigenvalue weighted by Gasteiger charge is -2.45. The van der Waals surface area contributed by atoms with Gasteiger partial charge in [-0.2, -0.15) is 0 Å². The van der Waals surface area contributed by atoms with Crippen LogP contribution in [0.1, 0.15) is 12.8 Å². The molecule has 10 atom stereocenters. The van der Waals surface area contributed by atoms with E-state index in [1.165, 1.54) is 6.08 Å². The molecule has 0 saturated carbocycles. The quantitative estimate of drug-likeness (QED) is 0.184. The monoisotopic (exact) mass is 604 g/mol. The lowest BCUT2D eigenvalue weighted by atomic mass is 9.91. The number of carbonyl (C=O) groups excluding carboxylic acids is 5. The average Bonchev–Trinajstić information content (AvgIpc) is 3.69. The van der Waals surface area contributed by atoms with Crippen LogP contribution < -0.4 is 0 Å². The Labute approximate surface area is 236 Å². The van der Waals surface area contributed by atoms with Gasteiger partial charge in [-0.25, -0.2) is 24.0 Å². The van der Waals surface area contributed by atoms with Gasteiger partial charge in [0, 0.05) is 0 Å². The minimum atomic E-state index is -2.33. The summed E-state index contributed by atoms with van der Waals surface area (Å²) in [5.74, 6) is -6.55. The summed E-state index contributed by atoms with van der Waals surface area (Å²) >= 11 is 0. The smallest absolute Gasteiger partial charge is 0.465 e. The summed E-state index contributed by atoms with van der Waals surface area (Å²) in [6.45, 7) is 2.29. The van der Waals surface area contributed by atoms with Crippen molar-refractivity contribution in [2.24, 2.45) is 0 Å². The topological polar surface area (TPSA) is 216 Å². The molecule has 0 amide bonds. The first-order valence-corrected chi connectivity index (χ1v) is 12.7. The van der Waals surface area contributed by atoms with Gasteiger partial charge >= 0.3 is 30.4 Å². The molecule has 0 unspecified atom stereocenters. The van der Waals surface area contributed by atoms with Gasteiger partial charge in [-0.3, -0.25) is 0 Å². The second-order valence-corrected chi connectivity index (χ2v) is 9.74. The van der Waals surface area contributed by atoms with Gasteiger partial charge in [0.1, 0.15) is 24.9 Å². The van der Waals surface area contributed by atoms with Crippen LogP contribution in [0.25, 0.3) is 0 Å². The number of methoxy groups -OCH3 is 2. The number of carbonyl (C=O) groups is 5. The largest absolute Gasteiger partial charge is 0.509 e. The molecular weight excluding hydrogens is 576 g/mol. The van der Waals surface area contributed by atoms with E-state index in [0.29, 0.717) is 0 Å². The molecule has 5 aliphatic heterocycles. The van der Waals surface area contributed by atoms with Crippen LogP contribution in [0, 0.1) is 0 Å². The Morgan fingerprint density at radius 3 is 2.00 bits per heavy atom. The molecule has 0 aliphatic carbocycles. The number of ether oxygens (including phenoxy) is 12. The van der Waals surface area contributed by atoms with Crippen molar-refractivity contribution in [3.05, 3.63) is 12.7 Å². The highest BCUT2D eigenvalue weighted by Gasteiger charge is 2.64. The molecule has 5 heterocycles. The third-order valence-electron chi connectivity index (χ3n) is 7.21. The van der Waals surface area contributed by atoms with Gasteiger partial charge in [0.25, 0.3) is 11.6 Å². The minimum Gasteiger partial charge on any atom is -0.465 e. The van der Waals surface area contributed by atoms with Gasteiger partial charge in [0.15, 0.2) is 30.5 Å². The summed E-state index contributed by atoms with van der Waals surface area (Å²) < 4.78 is 63.4. The van der Waals surface area contributed by atoms with Gasteiger partial charge in [-0.05, 0) is 0 Å². The molecule has 18 nitrogen and oxygen atoms in total. The molecule has 5 aliphatic rings. The first kappa shape index (κ1) is 29.8. The number of hydrogen-bond donors (Lipinski definition) is 1. The summed E-state index contributed by atoms with van der Waals surface area (Å²) in [4.78, 5) is 61.3. The van der Waals surface area contributed by atoms with Crippen LogP contribution in [-0.2, 0) is 66.4 Å². The molecule has 5 saturated heterocycles. The van der Waals surface area contributed by atoms with Crippen molar-refractivity contribution < 1.29 is 85.9 Å².